The minimum Gasteiger partial charge on any atom is -0.326 e. The van der Waals surface area contributed by atoms with E-state index < -0.39 is 5.92 Å². The second kappa shape index (κ2) is 7.46. The lowest BCUT2D eigenvalue weighted by molar-refractivity contribution is -0.122. The summed E-state index contributed by atoms with van der Waals surface area (Å²) >= 11 is 7.47. The van der Waals surface area contributed by atoms with E-state index in [0.717, 1.165) is 11.3 Å². The summed E-state index contributed by atoms with van der Waals surface area (Å²) < 4.78 is 3.84. The number of anilines is 2. The van der Waals surface area contributed by atoms with E-state index >= 15 is 0 Å². The molecule has 0 bridgehead atoms. The third-order valence-corrected chi connectivity index (χ3v) is 5.27. The molecule has 1 aliphatic rings. The molecular formula is C19H15ClN4O2S. The number of nitrogens with one attached hydrogen (secondary N) is 1. The Morgan fingerprint density at radius 3 is 2.67 bits per heavy atom. The Morgan fingerprint density at radius 2 is 1.96 bits per heavy atom. The first-order valence-corrected chi connectivity index (χ1v) is 9.56. The minimum absolute atomic E-state index is 0.102. The molecular weight excluding hydrogens is 384 g/mol. The molecule has 1 aromatic heterocycles. The van der Waals surface area contributed by atoms with Crippen LogP contribution in [0.1, 0.15) is 6.42 Å². The maximum absolute atomic E-state index is 12.6. The number of aromatic nitrogens is 2. The molecule has 0 radical (unpaired) electrons. The number of amides is 2. The molecule has 4 rings (SSSR count). The van der Waals surface area contributed by atoms with Crippen LogP contribution in [0.15, 0.2) is 53.9 Å². The molecule has 2 heterocycles. The molecule has 1 saturated heterocycles. The van der Waals surface area contributed by atoms with Crippen molar-refractivity contribution in [3.05, 3.63) is 58.9 Å². The predicted octanol–water partition coefficient (Wildman–Crippen LogP) is 3.85. The van der Waals surface area contributed by atoms with Gasteiger partial charge in [-0.05, 0) is 35.8 Å². The number of hydrogen-bond donors (Lipinski definition) is 1. The quantitative estimate of drug-likeness (QED) is 0.724. The van der Waals surface area contributed by atoms with Crippen LogP contribution in [-0.2, 0) is 9.59 Å². The van der Waals surface area contributed by atoms with E-state index in [1.54, 1.807) is 17.0 Å². The molecule has 136 valence electrons. The van der Waals surface area contributed by atoms with Gasteiger partial charge in [0, 0.05) is 29.6 Å². The zero-order valence-electron chi connectivity index (χ0n) is 14.1. The molecule has 8 heteroatoms. The fraction of sp³-hybridized carbons (Fsp3) is 0.158. The van der Waals surface area contributed by atoms with E-state index in [-0.39, 0.29) is 18.2 Å². The summed E-state index contributed by atoms with van der Waals surface area (Å²) in [7, 11) is 0. The van der Waals surface area contributed by atoms with Crippen molar-refractivity contribution in [1.82, 2.24) is 9.59 Å². The highest BCUT2D eigenvalue weighted by Gasteiger charge is 2.35. The topological polar surface area (TPSA) is 75.2 Å². The van der Waals surface area contributed by atoms with Gasteiger partial charge in [0.1, 0.15) is 5.69 Å². The highest BCUT2D eigenvalue weighted by atomic mass is 35.5. The van der Waals surface area contributed by atoms with Crippen LogP contribution in [0.3, 0.4) is 0 Å². The van der Waals surface area contributed by atoms with Gasteiger partial charge in [-0.2, -0.15) is 0 Å². The normalized spacial score (nSPS) is 16.6. The Labute approximate surface area is 164 Å². The van der Waals surface area contributed by atoms with E-state index in [0.29, 0.717) is 22.9 Å². The Bertz CT molecular complexity index is 976. The number of carbonyl (C=O) groups excluding carboxylic acids is 2. The molecule has 2 aromatic carbocycles. The molecule has 0 saturated carbocycles. The summed E-state index contributed by atoms with van der Waals surface area (Å²) in [5.74, 6) is -0.702. The minimum atomic E-state index is -0.420. The van der Waals surface area contributed by atoms with Crippen molar-refractivity contribution in [3.63, 3.8) is 0 Å². The first-order valence-electron chi connectivity index (χ1n) is 8.35. The van der Waals surface area contributed by atoms with Crippen LogP contribution >= 0.6 is 23.1 Å². The smallest absolute Gasteiger partial charge is 0.229 e. The van der Waals surface area contributed by atoms with E-state index in [2.05, 4.69) is 14.9 Å². The Hall–Kier alpha value is -2.77. The predicted molar refractivity (Wildman–Crippen MR) is 106 cm³/mol. The van der Waals surface area contributed by atoms with Gasteiger partial charge in [0.15, 0.2) is 0 Å². The van der Waals surface area contributed by atoms with Crippen LogP contribution in [-0.4, -0.2) is 27.9 Å². The molecule has 0 aliphatic carbocycles. The molecule has 0 unspecified atom stereocenters. The summed E-state index contributed by atoms with van der Waals surface area (Å²) in [5.41, 5.74) is 3.05. The summed E-state index contributed by atoms with van der Waals surface area (Å²) in [5, 5.41) is 9.26. The van der Waals surface area contributed by atoms with Crippen LogP contribution in [0.4, 0.5) is 11.4 Å². The number of rotatable bonds is 4. The van der Waals surface area contributed by atoms with Crippen molar-refractivity contribution >= 4 is 46.3 Å². The largest absolute Gasteiger partial charge is 0.326 e. The summed E-state index contributed by atoms with van der Waals surface area (Å²) in [6, 6.07) is 14.5. The lowest BCUT2D eigenvalue weighted by Crippen LogP contribution is -2.28. The number of benzene rings is 2. The van der Waals surface area contributed by atoms with E-state index in [1.807, 2.05) is 41.8 Å². The van der Waals surface area contributed by atoms with Crippen LogP contribution in [0.5, 0.6) is 0 Å². The lowest BCUT2D eigenvalue weighted by Gasteiger charge is -2.18. The van der Waals surface area contributed by atoms with Gasteiger partial charge in [-0.3, -0.25) is 9.59 Å². The fourth-order valence-electron chi connectivity index (χ4n) is 3.05. The van der Waals surface area contributed by atoms with Crippen LogP contribution in [0, 0.1) is 5.92 Å². The Morgan fingerprint density at radius 1 is 1.19 bits per heavy atom. The highest BCUT2D eigenvalue weighted by Crippen LogP contribution is 2.31. The lowest BCUT2D eigenvalue weighted by atomic mass is 10.1. The van der Waals surface area contributed by atoms with Crippen molar-refractivity contribution < 1.29 is 9.59 Å². The highest BCUT2D eigenvalue weighted by molar-refractivity contribution is 7.03. The zero-order valence-corrected chi connectivity index (χ0v) is 15.7. The second-order valence-electron chi connectivity index (χ2n) is 6.21. The number of halogens is 1. The maximum atomic E-state index is 12.6. The Kier molecular flexibility index (Phi) is 4.87. The molecule has 1 fully saturated rings. The second-order valence-corrected chi connectivity index (χ2v) is 7.23. The monoisotopic (exact) mass is 398 g/mol. The average Bonchev–Trinajstić information content (AvgIpc) is 3.33. The number of hydrogen-bond acceptors (Lipinski definition) is 5. The third kappa shape index (κ3) is 3.70. The van der Waals surface area contributed by atoms with Crippen molar-refractivity contribution in [3.8, 4) is 11.3 Å². The van der Waals surface area contributed by atoms with Gasteiger partial charge in [-0.25, -0.2) is 0 Å². The zero-order chi connectivity index (χ0) is 18.8. The van der Waals surface area contributed by atoms with Gasteiger partial charge in [0.2, 0.25) is 11.8 Å². The van der Waals surface area contributed by atoms with Crippen LogP contribution in [0.25, 0.3) is 11.3 Å². The maximum Gasteiger partial charge on any atom is 0.229 e. The van der Waals surface area contributed by atoms with E-state index in [1.165, 1.54) is 11.5 Å². The molecule has 6 nitrogen and oxygen atoms in total. The number of carbonyl (C=O) groups is 2. The number of para-hydroxylation sites is 1. The van der Waals surface area contributed by atoms with Crippen LogP contribution < -0.4 is 10.2 Å². The average molecular weight is 399 g/mol. The standard InChI is InChI=1S/C19H15ClN4O2S/c20-15-3-1-2-4-17(15)24-10-13(9-18(24)25)19(26)21-14-7-5-12(6-8-14)16-11-27-23-22-16/h1-8,11,13H,9-10H2,(H,21,26)/t13-/m1/s1. The van der Waals surface area contributed by atoms with Crippen molar-refractivity contribution in [2.24, 2.45) is 5.92 Å². The Balaban J connectivity index is 1.43. The van der Waals surface area contributed by atoms with Crippen molar-refractivity contribution in [2.45, 2.75) is 6.42 Å². The molecule has 2 amide bonds. The molecule has 1 aliphatic heterocycles. The summed E-state index contributed by atoms with van der Waals surface area (Å²) in [6.45, 7) is 0.316. The fourth-order valence-corrected chi connectivity index (χ4v) is 3.75. The van der Waals surface area contributed by atoms with Crippen LogP contribution in [0.2, 0.25) is 5.02 Å². The SMILES string of the molecule is O=C(Nc1ccc(-c2csnn2)cc1)[C@@H]1CC(=O)N(c2ccccc2Cl)C1. The van der Waals surface area contributed by atoms with Crippen molar-refractivity contribution in [2.75, 3.05) is 16.8 Å². The first kappa shape index (κ1) is 17.6. The third-order valence-electron chi connectivity index (χ3n) is 4.45. The van der Waals surface area contributed by atoms with Gasteiger partial charge in [0.25, 0.3) is 0 Å². The van der Waals surface area contributed by atoms with E-state index in [9.17, 15) is 9.59 Å². The van der Waals surface area contributed by atoms with Gasteiger partial charge >= 0.3 is 0 Å². The molecule has 0 spiro atoms. The van der Waals surface area contributed by atoms with Gasteiger partial charge in [0.05, 0.1) is 16.6 Å². The van der Waals surface area contributed by atoms with Gasteiger partial charge in [-0.1, -0.05) is 40.4 Å². The molecule has 1 N–H and O–H groups in total. The number of nitrogens with zero attached hydrogens (tertiary/aromatic N) is 3. The van der Waals surface area contributed by atoms with Gasteiger partial charge < -0.3 is 10.2 Å². The van der Waals surface area contributed by atoms with Gasteiger partial charge in [-0.15, -0.1) is 5.10 Å². The van der Waals surface area contributed by atoms with E-state index in [4.69, 9.17) is 11.6 Å². The summed E-state index contributed by atoms with van der Waals surface area (Å²) in [4.78, 5) is 26.5. The first-order chi connectivity index (χ1) is 13.1. The molecule has 1 atom stereocenters. The molecule has 3 aromatic rings. The van der Waals surface area contributed by atoms with Crippen molar-refractivity contribution in [1.29, 1.82) is 0 Å². The molecule has 27 heavy (non-hydrogen) atoms. The summed E-state index contributed by atoms with van der Waals surface area (Å²) in [6.07, 6.45) is 0.166.